The lowest BCUT2D eigenvalue weighted by atomic mass is 10.2. The van der Waals surface area contributed by atoms with Crippen LogP contribution in [0.1, 0.15) is 12.5 Å². The predicted octanol–water partition coefficient (Wildman–Crippen LogP) is 3.73. The van der Waals surface area contributed by atoms with Crippen LogP contribution in [0.15, 0.2) is 23.1 Å². The molecule has 0 saturated heterocycles. The molecule has 0 N–H and O–H groups in total. The molecular weight excluding hydrogens is 243 g/mol. The van der Waals surface area contributed by atoms with Crippen molar-refractivity contribution in [2.45, 2.75) is 18.0 Å². The third-order valence-corrected chi connectivity index (χ3v) is 2.66. The standard InChI is InChI=1S/C9H8F3NO2S/c1-2-16-6-3-4-8(13(14)15)7(5-6)9(10,11)12/h3-5H,2H2,1H3. The first-order valence-corrected chi connectivity index (χ1v) is 5.33. The Hall–Kier alpha value is -1.24. The summed E-state index contributed by atoms with van der Waals surface area (Å²) in [6.45, 7) is 1.79. The van der Waals surface area contributed by atoms with E-state index in [0.29, 0.717) is 10.6 Å². The number of rotatable bonds is 3. The Bertz CT molecular complexity index is 406. The van der Waals surface area contributed by atoms with Crippen molar-refractivity contribution >= 4 is 17.4 Å². The van der Waals surface area contributed by atoms with Crippen LogP contribution in [0.4, 0.5) is 18.9 Å². The first-order valence-electron chi connectivity index (χ1n) is 4.34. The molecule has 0 amide bonds. The second-order valence-corrected chi connectivity index (χ2v) is 4.20. The van der Waals surface area contributed by atoms with Gasteiger partial charge in [0.2, 0.25) is 0 Å². The highest BCUT2D eigenvalue weighted by Crippen LogP contribution is 2.38. The molecule has 1 rings (SSSR count). The van der Waals surface area contributed by atoms with E-state index in [0.717, 1.165) is 12.1 Å². The van der Waals surface area contributed by atoms with Crippen LogP contribution in [0.3, 0.4) is 0 Å². The molecule has 0 fully saturated rings. The molecule has 7 heteroatoms. The highest BCUT2D eigenvalue weighted by atomic mass is 32.2. The number of benzene rings is 1. The van der Waals surface area contributed by atoms with Gasteiger partial charge in [-0.3, -0.25) is 10.1 Å². The Morgan fingerprint density at radius 2 is 2.06 bits per heavy atom. The maximum atomic E-state index is 12.5. The normalized spacial score (nSPS) is 11.5. The SMILES string of the molecule is CCSc1ccc([N+](=O)[O-])c(C(F)(F)F)c1. The first kappa shape index (κ1) is 12.8. The minimum absolute atomic E-state index is 0.375. The second-order valence-electron chi connectivity index (χ2n) is 2.87. The predicted molar refractivity (Wildman–Crippen MR) is 54.5 cm³/mol. The second kappa shape index (κ2) is 4.73. The summed E-state index contributed by atoms with van der Waals surface area (Å²) in [5, 5.41) is 10.4. The number of nitro groups is 1. The number of hydrogen-bond donors (Lipinski definition) is 0. The van der Waals surface area contributed by atoms with E-state index in [-0.39, 0.29) is 0 Å². The van der Waals surface area contributed by atoms with Crippen LogP contribution in [0.25, 0.3) is 0 Å². The van der Waals surface area contributed by atoms with Crippen LogP contribution in [0.2, 0.25) is 0 Å². The van der Waals surface area contributed by atoms with E-state index >= 15 is 0 Å². The summed E-state index contributed by atoms with van der Waals surface area (Å²) in [4.78, 5) is 9.79. The molecule has 88 valence electrons. The Kier molecular flexibility index (Phi) is 3.79. The van der Waals surface area contributed by atoms with Crippen LogP contribution in [0.5, 0.6) is 0 Å². The zero-order valence-corrected chi connectivity index (χ0v) is 9.06. The summed E-state index contributed by atoms with van der Waals surface area (Å²) >= 11 is 1.20. The minimum atomic E-state index is -4.70. The largest absolute Gasteiger partial charge is 0.423 e. The molecule has 0 heterocycles. The van der Waals surface area contributed by atoms with Gasteiger partial charge in [-0.15, -0.1) is 11.8 Å². The molecule has 1 aromatic rings. The van der Waals surface area contributed by atoms with Crippen molar-refractivity contribution in [3.05, 3.63) is 33.9 Å². The molecule has 3 nitrogen and oxygen atoms in total. The molecule has 1 aromatic carbocycles. The van der Waals surface area contributed by atoms with Crippen molar-refractivity contribution in [2.24, 2.45) is 0 Å². The molecule has 0 aliphatic rings. The van der Waals surface area contributed by atoms with Crippen molar-refractivity contribution in [1.82, 2.24) is 0 Å². The summed E-state index contributed by atoms with van der Waals surface area (Å²) in [7, 11) is 0. The summed E-state index contributed by atoms with van der Waals surface area (Å²) in [5.74, 6) is 0.606. The molecular formula is C9H8F3NO2S. The third kappa shape index (κ3) is 2.88. The van der Waals surface area contributed by atoms with Gasteiger partial charge in [0.1, 0.15) is 5.56 Å². The number of alkyl halides is 3. The van der Waals surface area contributed by atoms with E-state index in [1.54, 1.807) is 6.92 Å². The lowest BCUT2D eigenvalue weighted by Crippen LogP contribution is -2.08. The van der Waals surface area contributed by atoms with Crippen molar-refractivity contribution in [3.63, 3.8) is 0 Å². The summed E-state index contributed by atoms with van der Waals surface area (Å²) in [5.41, 5.74) is -2.11. The van der Waals surface area contributed by atoms with Crippen molar-refractivity contribution < 1.29 is 18.1 Å². The number of nitro benzene ring substituents is 1. The zero-order chi connectivity index (χ0) is 12.3. The number of halogens is 3. The van der Waals surface area contributed by atoms with Gasteiger partial charge in [0.15, 0.2) is 0 Å². The fourth-order valence-corrected chi connectivity index (χ4v) is 1.86. The van der Waals surface area contributed by atoms with Crippen molar-refractivity contribution in [1.29, 1.82) is 0 Å². The van der Waals surface area contributed by atoms with Crippen molar-refractivity contribution in [2.75, 3.05) is 5.75 Å². The molecule has 0 radical (unpaired) electrons. The van der Waals surface area contributed by atoms with E-state index in [9.17, 15) is 23.3 Å². The van der Waals surface area contributed by atoms with E-state index in [1.807, 2.05) is 0 Å². The molecule has 0 bridgehead atoms. The quantitative estimate of drug-likeness (QED) is 0.467. The molecule has 0 saturated carbocycles. The lowest BCUT2D eigenvalue weighted by molar-refractivity contribution is -0.388. The first-order chi connectivity index (χ1) is 7.36. The minimum Gasteiger partial charge on any atom is -0.258 e. The fourth-order valence-electron chi connectivity index (χ4n) is 1.16. The van der Waals surface area contributed by atoms with Gasteiger partial charge in [0, 0.05) is 11.0 Å². The zero-order valence-electron chi connectivity index (χ0n) is 8.25. The highest BCUT2D eigenvalue weighted by Gasteiger charge is 2.38. The summed E-state index contributed by atoms with van der Waals surface area (Å²) < 4.78 is 37.5. The van der Waals surface area contributed by atoms with E-state index in [4.69, 9.17) is 0 Å². The van der Waals surface area contributed by atoms with Crippen LogP contribution >= 0.6 is 11.8 Å². The summed E-state index contributed by atoms with van der Waals surface area (Å²) in [6, 6.07) is 3.02. The average Bonchev–Trinajstić information content (AvgIpc) is 2.16. The maximum absolute atomic E-state index is 12.5. The summed E-state index contributed by atoms with van der Waals surface area (Å²) in [6.07, 6.45) is -4.70. The fraction of sp³-hybridized carbons (Fsp3) is 0.333. The van der Waals surface area contributed by atoms with Gasteiger partial charge < -0.3 is 0 Å². The number of hydrogen-bond acceptors (Lipinski definition) is 3. The maximum Gasteiger partial charge on any atom is 0.423 e. The topological polar surface area (TPSA) is 43.1 Å². The van der Waals surface area contributed by atoms with E-state index in [1.165, 1.54) is 17.8 Å². The van der Waals surface area contributed by atoms with E-state index in [2.05, 4.69) is 0 Å². The molecule has 0 spiro atoms. The van der Waals surface area contributed by atoms with Crippen molar-refractivity contribution in [3.8, 4) is 0 Å². The number of nitrogens with zero attached hydrogens (tertiary/aromatic N) is 1. The van der Waals surface area contributed by atoms with Crippen LogP contribution in [0, 0.1) is 10.1 Å². The molecule has 0 aliphatic heterocycles. The van der Waals surface area contributed by atoms with Gasteiger partial charge in [-0.25, -0.2) is 0 Å². The Morgan fingerprint density at radius 1 is 1.44 bits per heavy atom. The van der Waals surface area contributed by atoms with Crippen LogP contribution in [-0.4, -0.2) is 10.7 Å². The monoisotopic (exact) mass is 251 g/mol. The molecule has 0 unspecified atom stereocenters. The lowest BCUT2D eigenvalue weighted by Gasteiger charge is -2.08. The Morgan fingerprint density at radius 3 is 2.50 bits per heavy atom. The van der Waals surface area contributed by atoms with Gasteiger partial charge in [-0.1, -0.05) is 6.92 Å². The molecule has 0 aliphatic carbocycles. The molecule has 0 aromatic heterocycles. The van der Waals surface area contributed by atoms with Gasteiger partial charge in [-0.2, -0.15) is 13.2 Å². The van der Waals surface area contributed by atoms with Gasteiger partial charge in [0.25, 0.3) is 5.69 Å². The van der Waals surface area contributed by atoms with Gasteiger partial charge in [-0.05, 0) is 17.9 Å². The van der Waals surface area contributed by atoms with Crippen LogP contribution < -0.4 is 0 Å². The van der Waals surface area contributed by atoms with E-state index < -0.39 is 22.4 Å². The molecule has 16 heavy (non-hydrogen) atoms. The van der Waals surface area contributed by atoms with Crippen LogP contribution in [-0.2, 0) is 6.18 Å². The number of thioether (sulfide) groups is 1. The Balaban J connectivity index is 3.27. The van der Waals surface area contributed by atoms with Gasteiger partial charge >= 0.3 is 6.18 Å². The highest BCUT2D eigenvalue weighted by molar-refractivity contribution is 7.99. The third-order valence-electron chi connectivity index (χ3n) is 1.78. The smallest absolute Gasteiger partial charge is 0.258 e. The molecule has 0 atom stereocenters. The van der Waals surface area contributed by atoms with Gasteiger partial charge in [0.05, 0.1) is 4.92 Å². The Labute approximate surface area is 93.8 Å². The average molecular weight is 251 g/mol.